The molecule has 6 aliphatic rings. The number of nitrogens with two attached hydrogens (primary N) is 5. The van der Waals surface area contributed by atoms with E-state index in [1.54, 1.807) is 75.5 Å². The molecule has 11 aromatic rings. The van der Waals surface area contributed by atoms with Crippen molar-refractivity contribution in [1.29, 1.82) is 0 Å². The summed E-state index contributed by atoms with van der Waals surface area (Å²) in [6, 6.07) is 3.50. The molecule has 3 fully saturated rings. The molecule has 0 bridgehead atoms. The largest absolute Gasteiger partial charge is 1.00 e. The van der Waals surface area contributed by atoms with Gasteiger partial charge < -0.3 is 56.4 Å². The molecule has 22 nitrogen and oxygen atoms in total. The van der Waals surface area contributed by atoms with E-state index in [2.05, 4.69) is 130 Å². The molecule has 11 aromatic heterocycles. The molecular formula is C60H66B3Cl7I2N22NaS5. The monoisotopic (exact) mass is 1810 g/mol. The van der Waals surface area contributed by atoms with E-state index in [0.29, 0.717) is 45.3 Å². The van der Waals surface area contributed by atoms with E-state index in [4.69, 9.17) is 116 Å². The van der Waals surface area contributed by atoms with Gasteiger partial charge in [0.1, 0.15) is 11.6 Å². The standard InChI is InChI=1S/C21H20Cl2N8S2.C16H16ClIN6S.C10H14ClN3S.C6H3ClIN3.C5H5ClN2S.2CH4.B3.ClH.Na/c22-14-11(1-4-26-17(14)25)32-13-10-28-20(31-8-5-27-18(13)31)30-6-2-21(3-7-30)9-12-15(16(21)24)29-19(23)33-12;17-14-22-11-10(25-14)7-16(12(11)19)1-4-23(5-2-16)15-21-8-9(18)13-20-3-6-24(13)15;11-9-14-7-6(15-9)5-10(8(7)12)1-3-13-4-2-10;7-6-10-3-4(8)5-9-1-2-11(5)6;6-4-3(9)1-2-8-5(4)7;;;1-3-2;;/h1,4-5,8,10,16H,2-3,6-7,9,24H2,(H2,25,26);3,6,8,12H,1-2,4-5,7,19H2;8,13H,1-5,12H2;1-3H;1-2H,(H3,7,8,9);2*1H4;;1H;/q;;;;;;;;;+1/p-1/t16-;12-;8-;;;;;;;/m111......./s1. The van der Waals surface area contributed by atoms with Crippen LogP contribution in [0.25, 0.3) is 16.9 Å². The van der Waals surface area contributed by atoms with Crippen LogP contribution in [0.15, 0.2) is 95.0 Å². The quantitative estimate of drug-likeness (QED) is 0.0413. The second kappa shape index (κ2) is 35.8. The molecule has 5 radical (unpaired) electrons. The summed E-state index contributed by atoms with van der Waals surface area (Å²) in [4.78, 5) is 58.4. The number of nitrogen functional groups attached to an aromatic ring is 2. The summed E-state index contributed by atoms with van der Waals surface area (Å²) in [7, 11) is 10.0. The molecule has 3 aliphatic carbocycles. The zero-order chi connectivity index (χ0) is 67.8. The second-order valence-corrected chi connectivity index (χ2v) is 33.4. The van der Waals surface area contributed by atoms with Crippen LogP contribution in [0, 0.1) is 23.4 Å². The number of thiazole rings is 3. The molecule has 0 unspecified atom stereocenters. The molecule has 17 rings (SSSR count). The van der Waals surface area contributed by atoms with Gasteiger partial charge in [-0.15, -0.1) is 46.4 Å². The third-order valence-electron chi connectivity index (χ3n) is 18.2. The first-order valence-electron chi connectivity index (χ1n) is 29.9. The van der Waals surface area contributed by atoms with Gasteiger partial charge in [-0.05, 0) is 150 Å². The molecule has 3 atom stereocenters. The van der Waals surface area contributed by atoms with Gasteiger partial charge in [-0.2, -0.15) is 4.90 Å². The van der Waals surface area contributed by atoms with Crippen LogP contribution in [0.5, 0.6) is 0 Å². The molecule has 0 aromatic carbocycles. The van der Waals surface area contributed by atoms with Crippen molar-refractivity contribution in [3.05, 3.63) is 148 Å². The molecule has 0 saturated carbocycles. The number of hydrogen-bond donors (Lipinski definition) is 6. The molecule has 3 aliphatic heterocycles. The van der Waals surface area contributed by atoms with Gasteiger partial charge in [-0.3, -0.25) is 13.2 Å². The first kappa shape index (κ1) is 83.0. The van der Waals surface area contributed by atoms with Gasteiger partial charge in [-0.1, -0.05) is 90.7 Å². The van der Waals surface area contributed by atoms with E-state index in [0.717, 1.165) is 167 Å². The van der Waals surface area contributed by atoms with Crippen LogP contribution in [-0.4, -0.2) is 130 Å². The van der Waals surface area contributed by atoms with Crippen molar-refractivity contribution in [2.24, 2.45) is 33.4 Å². The van der Waals surface area contributed by atoms with E-state index in [1.807, 2.05) is 41.5 Å². The predicted octanol–water partition coefficient (Wildman–Crippen LogP) is 10.2. The normalized spacial score (nSPS) is 18.3. The maximum absolute atomic E-state index is 6.65. The Balaban J connectivity index is 0.000000167. The summed E-state index contributed by atoms with van der Waals surface area (Å²) in [5, 5.41) is 4.64. The molecule has 11 N–H and O–H groups in total. The molecule has 519 valence electrons. The van der Waals surface area contributed by atoms with E-state index >= 15 is 0 Å². The van der Waals surface area contributed by atoms with Crippen LogP contribution >= 0.6 is 173 Å². The van der Waals surface area contributed by atoms with Crippen molar-refractivity contribution >= 4 is 249 Å². The van der Waals surface area contributed by atoms with Crippen molar-refractivity contribution in [2.45, 2.75) is 105 Å². The average molecular weight is 1810 g/mol. The van der Waals surface area contributed by atoms with E-state index in [1.165, 1.54) is 32.6 Å². The predicted molar refractivity (Wildman–Crippen MR) is 430 cm³/mol. The Bertz CT molecular complexity index is 4540. The van der Waals surface area contributed by atoms with Crippen LogP contribution < -0.4 is 73.3 Å². The maximum atomic E-state index is 6.65. The molecule has 3 saturated heterocycles. The molecular weight excluding hydrogens is 1750 g/mol. The van der Waals surface area contributed by atoms with Gasteiger partial charge in [0, 0.05) is 136 Å². The number of pyridine rings is 2. The van der Waals surface area contributed by atoms with Crippen LogP contribution in [0.1, 0.15) is 103 Å². The smallest absolute Gasteiger partial charge is 0.778 e. The van der Waals surface area contributed by atoms with E-state index in [9.17, 15) is 0 Å². The molecule has 40 heteroatoms. The van der Waals surface area contributed by atoms with Gasteiger partial charge in [-0.25, -0.2) is 54.8 Å². The first-order chi connectivity index (χ1) is 46.2. The Morgan fingerprint density at radius 2 is 0.930 bits per heavy atom. The van der Waals surface area contributed by atoms with Gasteiger partial charge in [0.25, 0.3) is 0 Å². The Morgan fingerprint density at radius 3 is 1.37 bits per heavy atom. The Hall–Kier alpha value is -2.66. The van der Waals surface area contributed by atoms with Gasteiger partial charge in [0.15, 0.2) is 30.3 Å². The second-order valence-electron chi connectivity index (χ2n) is 23.5. The number of nitrogens with zero attached hydrogens (tertiary/aromatic N) is 16. The third-order valence-corrected chi connectivity index (χ3v) is 26.0. The van der Waals surface area contributed by atoms with Crippen LogP contribution in [-0.2, 0) is 31.9 Å². The minimum atomic E-state index is -0.0593. The van der Waals surface area contributed by atoms with Crippen molar-refractivity contribution < 1.29 is 29.6 Å². The number of aromatic nitrogens is 14. The average Bonchev–Trinajstić information content (AvgIpc) is 1.59. The van der Waals surface area contributed by atoms with Gasteiger partial charge in [0.05, 0.1) is 57.3 Å². The molecule has 100 heavy (non-hydrogen) atoms. The van der Waals surface area contributed by atoms with Gasteiger partial charge in [0.2, 0.25) is 17.2 Å². The molecule has 0 amide bonds. The summed E-state index contributed by atoms with van der Waals surface area (Å²) in [6.07, 6.45) is 29.1. The zero-order valence-corrected chi connectivity index (χ0v) is 67.8. The fourth-order valence-corrected chi connectivity index (χ4v) is 19.9. The van der Waals surface area contributed by atoms with Crippen molar-refractivity contribution in [3.8, 4) is 0 Å². The van der Waals surface area contributed by atoms with Crippen molar-refractivity contribution in [1.82, 2.24) is 73.3 Å². The molecule has 14 heterocycles. The first-order valence-corrected chi connectivity index (χ1v) is 38.0. The third kappa shape index (κ3) is 17.3. The summed E-state index contributed by atoms with van der Waals surface area (Å²) in [6.45, 7) is 5.78. The van der Waals surface area contributed by atoms with Crippen LogP contribution in [0.4, 0.5) is 23.5 Å². The number of imidazole rings is 3. The minimum Gasteiger partial charge on any atom is -0.778 e. The summed E-state index contributed by atoms with van der Waals surface area (Å²) >= 11 is 51.2. The van der Waals surface area contributed by atoms with Crippen molar-refractivity contribution in [3.63, 3.8) is 0 Å². The minimum absolute atomic E-state index is 0. The van der Waals surface area contributed by atoms with E-state index < -0.39 is 0 Å². The van der Waals surface area contributed by atoms with Crippen LogP contribution in [0.3, 0.4) is 0 Å². The number of rotatable bonds is 4. The summed E-state index contributed by atoms with van der Waals surface area (Å²) in [5.41, 5.74) is 36.9. The fourth-order valence-electron chi connectivity index (χ4n) is 13.2. The Morgan fingerprint density at radius 1 is 0.540 bits per heavy atom. The van der Waals surface area contributed by atoms with Gasteiger partial charge >= 0.3 is 29.6 Å². The van der Waals surface area contributed by atoms with Crippen molar-refractivity contribution in [2.75, 3.05) is 60.5 Å². The number of fused-ring (bicyclic) bond motifs is 6. The summed E-state index contributed by atoms with van der Waals surface area (Å²) in [5.74, 6) is 2.45. The number of halogens is 9. The SMILES string of the molecule is C.C.Cl.Clc1ncc(I)c2nccn12.N[C@@H]1c2nc(Cl)sc2CC12CCN(c1ncc(I)c3nccn13)CC2.N[C@@H]1c2nc(Cl)sc2CC12CCNCC2.Nc1nccc(Sc2cnc(N3CCC4(CC3)Cc3sc(Cl)nc3[C@H]4N)n3ccnc23)c1Cl.Nc1nccc([S-])c1Cl.[B][B][B].[Na+]. The Labute approximate surface area is 690 Å². The summed E-state index contributed by atoms with van der Waals surface area (Å²) < 4.78 is 9.74. The maximum Gasteiger partial charge on any atom is 1.00 e. The number of piperidine rings is 3. The molecule has 3 spiro atoms. The van der Waals surface area contributed by atoms with Crippen LogP contribution in [0.2, 0.25) is 28.7 Å². The zero-order valence-electron chi connectivity index (χ0n) is 52.1. The number of anilines is 4. The number of nitrogens with one attached hydrogen (secondary N) is 1. The fraction of sp³-hybridized carbons (Fsp3) is 0.383. The van der Waals surface area contributed by atoms with E-state index in [-0.39, 0.29) is 91.2 Å². The number of hydrogen-bond acceptors (Lipinski definition) is 24. The Kier molecular flexibility index (Phi) is 29.7. The topological polar surface area (TPSA) is 304 Å².